The van der Waals surface area contributed by atoms with Crippen LogP contribution in [0.5, 0.6) is 0 Å². The summed E-state index contributed by atoms with van der Waals surface area (Å²) >= 11 is 0. The van der Waals surface area contributed by atoms with Gasteiger partial charge in [0.1, 0.15) is 0 Å². The molecule has 5 heteroatoms. The van der Waals surface area contributed by atoms with Crippen LogP contribution in [-0.2, 0) is 0 Å². The smallest absolute Gasteiger partial charge is 0.0528 e. The lowest BCUT2D eigenvalue weighted by Gasteiger charge is -2.30. The van der Waals surface area contributed by atoms with E-state index in [-0.39, 0.29) is 6.61 Å². The van der Waals surface area contributed by atoms with E-state index in [0.717, 1.165) is 19.3 Å². The topological polar surface area (TPSA) is 72.7 Å². The molecule has 0 unspecified atom stereocenters. The van der Waals surface area contributed by atoms with Crippen LogP contribution in [0.2, 0.25) is 0 Å². The highest BCUT2D eigenvalue weighted by Crippen LogP contribution is 2.33. The van der Waals surface area contributed by atoms with Crippen molar-refractivity contribution < 1.29 is 14.2 Å². The van der Waals surface area contributed by atoms with Gasteiger partial charge in [0, 0.05) is 13.7 Å². The molecule has 0 rings (SSSR count). The van der Waals surface area contributed by atoms with Crippen molar-refractivity contribution >= 4 is 10.8 Å². The highest BCUT2D eigenvalue weighted by molar-refractivity contribution is 8.22. The van der Waals surface area contributed by atoms with E-state index in [0.29, 0.717) is 5.75 Å². The quantitative estimate of drug-likeness (QED) is 0.464. The third-order valence-corrected chi connectivity index (χ3v) is 2.93. The van der Waals surface area contributed by atoms with Crippen LogP contribution in [0.4, 0.5) is 0 Å². The zero-order valence-corrected chi connectivity index (χ0v) is 7.60. The highest BCUT2D eigenvalue weighted by Gasteiger charge is 2.06. The number of aliphatic hydroxyl groups is 1. The third kappa shape index (κ3) is 6.58. The Kier molecular flexibility index (Phi) is 5.89. The second-order valence-electron chi connectivity index (χ2n) is 2.36. The molecule has 4 N–H and O–H groups in total. The number of aliphatic hydroxyl groups excluding tert-OH is 1. The van der Waals surface area contributed by atoms with Crippen molar-refractivity contribution in [3.8, 4) is 0 Å². The first kappa shape index (κ1) is 11.2. The number of hydrogen-bond donors (Lipinski definition) is 4. The Morgan fingerprint density at radius 3 is 2.27 bits per heavy atom. The van der Waals surface area contributed by atoms with Gasteiger partial charge in [-0.3, -0.25) is 9.11 Å². The molecular formula is C6H17NO3S. The molecule has 4 nitrogen and oxygen atoms in total. The van der Waals surface area contributed by atoms with E-state index in [1.165, 1.54) is 7.05 Å². The molecule has 0 aliphatic rings. The molecular weight excluding hydrogens is 166 g/mol. The van der Waals surface area contributed by atoms with E-state index >= 15 is 0 Å². The van der Waals surface area contributed by atoms with Gasteiger partial charge in [0.2, 0.25) is 0 Å². The van der Waals surface area contributed by atoms with E-state index < -0.39 is 10.8 Å². The number of unbranched alkanes of at least 4 members (excludes halogenated alkanes) is 2. The van der Waals surface area contributed by atoms with Gasteiger partial charge < -0.3 is 5.11 Å². The summed E-state index contributed by atoms with van der Waals surface area (Å²) in [5.74, 6) is 0.378. The maximum Gasteiger partial charge on any atom is 0.0528 e. The zero-order valence-electron chi connectivity index (χ0n) is 6.79. The van der Waals surface area contributed by atoms with E-state index in [2.05, 4.69) is 4.72 Å². The molecule has 0 atom stereocenters. The monoisotopic (exact) mass is 183 g/mol. The second-order valence-corrected chi connectivity index (χ2v) is 4.51. The lowest BCUT2D eigenvalue weighted by Crippen LogP contribution is -2.17. The van der Waals surface area contributed by atoms with Crippen molar-refractivity contribution in [3.63, 3.8) is 0 Å². The summed E-state index contributed by atoms with van der Waals surface area (Å²) in [6.45, 7) is 0.179. The van der Waals surface area contributed by atoms with Crippen molar-refractivity contribution in [1.29, 1.82) is 0 Å². The molecule has 0 saturated heterocycles. The van der Waals surface area contributed by atoms with Gasteiger partial charge in [-0.1, -0.05) is 0 Å². The minimum atomic E-state index is -2.53. The normalized spacial score (nSPS) is 13.5. The lowest BCUT2D eigenvalue weighted by atomic mass is 10.3. The minimum Gasteiger partial charge on any atom is -0.396 e. The lowest BCUT2D eigenvalue weighted by molar-refractivity contribution is 0.284. The summed E-state index contributed by atoms with van der Waals surface area (Å²) in [7, 11) is -1.00. The van der Waals surface area contributed by atoms with Crippen LogP contribution < -0.4 is 4.72 Å². The predicted octanol–water partition coefficient (Wildman–Crippen LogP) is 1.03. The summed E-state index contributed by atoms with van der Waals surface area (Å²) in [4.78, 5) is 0. The standard InChI is InChI=1S/C6H17NO3S/c1-7-11(9,10)6-4-2-3-5-8/h7-10H,2-6H2,1H3. The van der Waals surface area contributed by atoms with Crippen molar-refractivity contribution in [1.82, 2.24) is 4.72 Å². The second kappa shape index (κ2) is 5.79. The van der Waals surface area contributed by atoms with Crippen molar-refractivity contribution in [2.75, 3.05) is 19.4 Å². The molecule has 0 aromatic heterocycles. The van der Waals surface area contributed by atoms with E-state index in [4.69, 9.17) is 14.2 Å². The van der Waals surface area contributed by atoms with Crippen LogP contribution in [0.15, 0.2) is 0 Å². The van der Waals surface area contributed by atoms with Gasteiger partial charge in [0.25, 0.3) is 0 Å². The van der Waals surface area contributed by atoms with Gasteiger partial charge in [-0.05, 0) is 19.3 Å². The van der Waals surface area contributed by atoms with Gasteiger partial charge in [-0.2, -0.15) is 0 Å². The average Bonchev–Trinajstić information content (AvgIpc) is 1.99. The summed E-state index contributed by atoms with van der Waals surface area (Å²) < 4.78 is 20.6. The molecule has 0 spiro atoms. The zero-order chi connectivity index (χ0) is 8.74. The number of nitrogens with one attached hydrogen (secondary N) is 1. The van der Waals surface area contributed by atoms with Gasteiger partial charge in [-0.15, -0.1) is 10.8 Å². The van der Waals surface area contributed by atoms with Crippen molar-refractivity contribution in [2.24, 2.45) is 0 Å². The molecule has 0 radical (unpaired) electrons. The fourth-order valence-electron chi connectivity index (χ4n) is 0.694. The molecule has 70 valence electrons. The minimum absolute atomic E-state index is 0.179. The molecule has 0 aliphatic carbocycles. The van der Waals surface area contributed by atoms with E-state index in [1.807, 2.05) is 0 Å². The largest absolute Gasteiger partial charge is 0.396 e. The fraction of sp³-hybridized carbons (Fsp3) is 1.00. The van der Waals surface area contributed by atoms with Crippen molar-refractivity contribution in [3.05, 3.63) is 0 Å². The molecule has 0 heterocycles. The van der Waals surface area contributed by atoms with Crippen LogP contribution in [0.1, 0.15) is 19.3 Å². The number of hydrogen-bond acceptors (Lipinski definition) is 4. The fourth-order valence-corrected chi connectivity index (χ4v) is 1.50. The van der Waals surface area contributed by atoms with Crippen LogP contribution in [-0.4, -0.2) is 33.6 Å². The van der Waals surface area contributed by atoms with E-state index in [9.17, 15) is 0 Å². The molecule has 0 amide bonds. The summed E-state index contributed by atoms with van der Waals surface area (Å²) in [5, 5.41) is 8.42. The van der Waals surface area contributed by atoms with Crippen LogP contribution >= 0.6 is 10.8 Å². The van der Waals surface area contributed by atoms with Crippen LogP contribution in [0.25, 0.3) is 0 Å². The van der Waals surface area contributed by atoms with Crippen LogP contribution in [0.3, 0.4) is 0 Å². The van der Waals surface area contributed by atoms with Crippen LogP contribution in [0, 0.1) is 0 Å². The SMILES string of the molecule is CNS(O)(O)CCCCCO. The Morgan fingerprint density at radius 2 is 1.82 bits per heavy atom. The van der Waals surface area contributed by atoms with Gasteiger partial charge in [0.05, 0.1) is 5.75 Å². The molecule has 0 bridgehead atoms. The van der Waals surface area contributed by atoms with Crippen molar-refractivity contribution in [2.45, 2.75) is 19.3 Å². The maximum absolute atomic E-state index is 9.09. The summed E-state index contributed by atoms with van der Waals surface area (Å²) in [6.07, 6.45) is 2.32. The molecule has 0 aliphatic heterocycles. The Labute approximate surface area is 69.1 Å². The number of rotatable bonds is 6. The summed E-state index contributed by atoms with van der Waals surface area (Å²) in [5.41, 5.74) is 0. The Hall–Kier alpha value is 0.190. The van der Waals surface area contributed by atoms with Gasteiger partial charge >= 0.3 is 0 Å². The Balaban J connectivity index is 3.23. The average molecular weight is 183 g/mol. The predicted molar refractivity (Wildman–Crippen MR) is 47.7 cm³/mol. The first-order chi connectivity index (χ1) is 5.12. The maximum atomic E-state index is 9.09. The van der Waals surface area contributed by atoms with Gasteiger partial charge in [0.15, 0.2) is 0 Å². The molecule has 0 aromatic carbocycles. The first-order valence-corrected chi connectivity index (χ1v) is 5.39. The molecule has 0 aromatic rings. The molecule has 0 saturated carbocycles. The molecule has 0 fully saturated rings. The van der Waals surface area contributed by atoms with E-state index in [1.54, 1.807) is 0 Å². The third-order valence-electron chi connectivity index (χ3n) is 1.41. The summed E-state index contributed by atoms with van der Waals surface area (Å²) in [6, 6.07) is 0. The van der Waals surface area contributed by atoms with Gasteiger partial charge in [-0.25, -0.2) is 4.72 Å². The first-order valence-electron chi connectivity index (χ1n) is 3.67. The molecule has 11 heavy (non-hydrogen) atoms. The Bertz CT molecular complexity index is 99.8. The highest BCUT2D eigenvalue weighted by atomic mass is 32.3. The Morgan fingerprint density at radius 1 is 1.18 bits per heavy atom.